The van der Waals surface area contributed by atoms with Gasteiger partial charge in [-0.1, -0.05) is 0 Å². The molecule has 1 heterocycles. The van der Waals surface area contributed by atoms with E-state index in [-0.39, 0.29) is 5.91 Å². The van der Waals surface area contributed by atoms with E-state index in [1.165, 1.54) is 0 Å². The maximum atomic E-state index is 11.3. The summed E-state index contributed by atoms with van der Waals surface area (Å²) in [7, 11) is 0. The zero-order valence-corrected chi connectivity index (χ0v) is 8.82. The summed E-state index contributed by atoms with van der Waals surface area (Å²) in [5.41, 5.74) is 2.05. The van der Waals surface area contributed by atoms with E-state index in [1.807, 2.05) is 19.1 Å². The van der Waals surface area contributed by atoms with Crippen molar-refractivity contribution in [3.63, 3.8) is 0 Å². The summed E-state index contributed by atoms with van der Waals surface area (Å²) < 4.78 is 0. The summed E-state index contributed by atoms with van der Waals surface area (Å²) in [6, 6.07) is 3.75. The fourth-order valence-electron chi connectivity index (χ4n) is 1.09. The number of hydrogen-bond acceptors (Lipinski definition) is 3. The monoisotopic (exact) mass is 203 g/mol. The quantitative estimate of drug-likeness (QED) is 0.801. The Balaban J connectivity index is 2.55. The van der Waals surface area contributed by atoms with Crippen LogP contribution in [0.25, 0.3) is 0 Å². The van der Waals surface area contributed by atoms with Crippen LogP contribution in [0.3, 0.4) is 0 Å². The molecule has 1 aromatic heterocycles. The summed E-state index contributed by atoms with van der Waals surface area (Å²) in [6.07, 6.45) is 3.43. The topological polar surface area (TPSA) is 65.8 Å². The molecule has 0 aliphatic heterocycles. The van der Waals surface area contributed by atoms with E-state index in [0.29, 0.717) is 6.54 Å². The second-order valence-corrected chi connectivity index (χ2v) is 3.37. The minimum Gasteiger partial charge on any atom is -0.351 e. The van der Waals surface area contributed by atoms with E-state index in [1.54, 1.807) is 19.3 Å². The van der Waals surface area contributed by atoms with Crippen LogP contribution in [0.5, 0.6) is 0 Å². The summed E-state index contributed by atoms with van der Waals surface area (Å²) in [5, 5.41) is 11.2. The van der Waals surface area contributed by atoms with Crippen LogP contribution in [0, 0.1) is 24.2 Å². The summed E-state index contributed by atoms with van der Waals surface area (Å²) in [5.74, 6) is -0.846. The number of hydrogen-bond donors (Lipinski definition) is 1. The van der Waals surface area contributed by atoms with Crippen LogP contribution in [-0.2, 0) is 11.3 Å². The molecule has 4 heteroatoms. The number of nitrogens with zero attached hydrogens (tertiary/aromatic N) is 2. The second kappa shape index (κ2) is 5.11. The third kappa shape index (κ3) is 3.06. The van der Waals surface area contributed by atoms with E-state index < -0.39 is 5.92 Å². The summed E-state index contributed by atoms with van der Waals surface area (Å²) in [4.78, 5) is 15.3. The van der Waals surface area contributed by atoms with Crippen molar-refractivity contribution in [1.82, 2.24) is 10.3 Å². The first-order valence-electron chi connectivity index (χ1n) is 4.72. The van der Waals surface area contributed by atoms with E-state index in [2.05, 4.69) is 10.3 Å². The van der Waals surface area contributed by atoms with Gasteiger partial charge in [0, 0.05) is 18.9 Å². The number of aromatic nitrogens is 1. The first-order chi connectivity index (χ1) is 7.15. The maximum Gasteiger partial charge on any atom is 0.237 e. The normalized spacial score (nSPS) is 11.5. The number of carbonyl (C=O) groups is 1. The lowest BCUT2D eigenvalue weighted by Crippen LogP contribution is -2.28. The predicted octanol–water partition coefficient (Wildman–Crippen LogP) is 1.17. The van der Waals surface area contributed by atoms with Crippen molar-refractivity contribution in [3.8, 4) is 6.07 Å². The number of carbonyl (C=O) groups excluding carboxylic acids is 1. The summed E-state index contributed by atoms with van der Waals surface area (Å²) >= 11 is 0. The minimum atomic E-state index is -0.604. The van der Waals surface area contributed by atoms with Gasteiger partial charge < -0.3 is 5.32 Å². The molecule has 0 aromatic carbocycles. The lowest BCUT2D eigenvalue weighted by atomic mass is 10.1. The Morgan fingerprint density at radius 1 is 1.73 bits per heavy atom. The van der Waals surface area contributed by atoms with Crippen LogP contribution in [0.1, 0.15) is 18.1 Å². The van der Waals surface area contributed by atoms with E-state index >= 15 is 0 Å². The van der Waals surface area contributed by atoms with Gasteiger partial charge >= 0.3 is 0 Å². The molecule has 78 valence electrons. The predicted molar refractivity (Wildman–Crippen MR) is 55.6 cm³/mol. The number of pyridine rings is 1. The van der Waals surface area contributed by atoms with Crippen LogP contribution in [0.2, 0.25) is 0 Å². The number of nitriles is 1. The fraction of sp³-hybridized carbons (Fsp3) is 0.364. The molecule has 1 rings (SSSR count). The van der Waals surface area contributed by atoms with Gasteiger partial charge in [0.1, 0.15) is 5.92 Å². The fourth-order valence-corrected chi connectivity index (χ4v) is 1.09. The van der Waals surface area contributed by atoms with Gasteiger partial charge in [0.2, 0.25) is 5.91 Å². The molecule has 15 heavy (non-hydrogen) atoms. The van der Waals surface area contributed by atoms with Crippen LogP contribution < -0.4 is 5.32 Å². The molecule has 1 aromatic rings. The largest absolute Gasteiger partial charge is 0.351 e. The molecule has 1 atom stereocenters. The Bertz CT molecular complexity index is 395. The van der Waals surface area contributed by atoms with Gasteiger partial charge in [0.25, 0.3) is 0 Å². The van der Waals surface area contributed by atoms with Crippen molar-refractivity contribution in [3.05, 3.63) is 29.6 Å². The molecule has 1 unspecified atom stereocenters. The molecule has 0 radical (unpaired) electrons. The molecule has 0 saturated carbocycles. The second-order valence-electron chi connectivity index (χ2n) is 3.37. The zero-order valence-electron chi connectivity index (χ0n) is 8.82. The van der Waals surface area contributed by atoms with Crippen molar-refractivity contribution in [1.29, 1.82) is 5.26 Å². The molecular formula is C11H13N3O. The molecule has 0 bridgehead atoms. The van der Waals surface area contributed by atoms with Gasteiger partial charge in [-0.05, 0) is 31.0 Å². The zero-order chi connectivity index (χ0) is 11.3. The first-order valence-corrected chi connectivity index (χ1v) is 4.72. The highest BCUT2D eigenvalue weighted by Gasteiger charge is 2.10. The van der Waals surface area contributed by atoms with Gasteiger partial charge in [-0.2, -0.15) is 5.26 Å². The van der Waals surface area contributed by atoms with Gasteiger partial charge in [0.05, 0.1) is 6.07 Å². The molecule has 0 spiro atoms. The maximum absolute atomic E-state index is 11.3. The highest BCUT2D eigenvalue weighted by molar-refractivity contribution is 5.80. The van der Waals surface area contributed by atoms with Gasteiger partial charge in [-0.3, -0.25) is 9.78 Å². The average molecular weight is 203 g/mol. The molecule has 0 aliphatic rings. The molecule has 0 saturated heterocycles. The van der Waals surface area contributed by atoms with Crippen molar-refractivity contribution < 1.29 is 4.79 Å². The van der Waals surface area contributed by atoms with E-state index in [4.69, 9.17) is 5.26 Å². The molecule has 0 aliphatic carbocycles. The Labute approximate surface area is 88.9 Å². The van der Waals surface area contributed by atoms with Crippen LogP contribution in [0.15, 0.2) is 18.5 Å². The number of amides is 1. The lowest BCUT2D eigenvalue weighted by Gasteiger charge is -2.07. The number of aryl methyl sites for hydroxylation is 1. The smallest absolute Gasteiger partial charge is 0.237 e. The third-order valence-corrected chi connectivity index (χ3v) is 2.18. The van der Waals surface area contributed by atoms with Gasteiger partial charge in [-0.25, -0.2) is 0 Å². The Morgan fingerprint density at radius 2 is 2.47 bits per heavy atom. The van der Waals surface area contributed by atoms with Crippen LogP contribution in [-0.4, -0.2) is 10.9 Å². The highest BCUT2D eigenvalue weighted by atomic mass is 16.1. The molecule has 1 amide bonds. The number of rotatable bonds is 3. The van der Waals surface area contributed by atoms with E-state index in [9.17, 15) is 4.79 Å². The third-order valence-electron chi connectivity index (χ3n) is 2.18. The van der Waals surface area contributed by atoms with Crippen molar-refractivity contribution in [2.75, 3.05) is 0 Å². The summed E-state index contributed by atoms with van der Waals surface area (Å²) in [6.45, 7) is 3.95. The molecule has 4 nitrogen and oxygen atoms in total. The van der Waals surface area contributed by atoms with Gasteiger partial charge in [-0.15, -0.1) is 0 Å². The molecule has 1 N–H and O–H groups in total. The average Bonchev–Trinajstić information content (AvgIpc) is 2.26. The Morgan fingerprint density at radius 3 is 3.07 bits per heavy atom. The van der Waals surface area contributed by atoms with Crippen LogP contribution >= 0.6 is 0 Å². The Hall–Kier alpha value is -1.89. The minimum absolute atomic E-state index is 0.242. The standard InChI is InChI=1S/C11H13N3O/c1-8(5-12)11(15)14-7-10-3-4-13-6-9(10)2/h3-4,6,8H,7H2,1-2H3,(H,14,15). The van der Waals surface area contributed by atoms with Crippen molar-refractivity contribution in [2.45, 2.75) is 20.4 Å². The number of nitrogens with one attached hydrogen (secondary N) is 1. The Kier molecular flexibility index (Phi) is 3.81. The SMILES string of the molecule is Cc1cnccc1CNC(=O)C(C)C#N. The molecular weight excluding hydrogens is 190 g/mol. The molecule has 0 fully saturated rings. The van der Waals surface area contributed by atoms with E-state index in [0.717, 1.165) is 11.1 Å². The van der Waals surface area contributed by atoms with Crippen molar-refractivity contribution >= 4 is 5.91 Å². The van der Waals surface area contributed by atoms with Crippen LogP contribution in [0.4, 0.5) is 0 Å². The first kappa shape index (κ1) is 11.2. The lowest BCUT2D eigenvalue weighted by molar-refractivity contribution is -0.123. The highest BCUT2D eigenvalue weighted by Crippen LogP contribution is 2.04. The van der Waals surface area contributed by atoms with Crippen molar-refractivity contribution in [2.24, 2.45) is 5.92 Å². The van der Waals surface area contributed by atoms with Gasteiger partial charge in [0.15, 0.2) is 0 Å².